The van der Waals surface area contributed by atoms with Crippen LogP contribution in [0.25, 0.3) is 0 Å². The lowest BCUT2D eigenvalue weighted by Crippen LogP contribution is -2.31. The number of ether oxygens (including phenoxy) is 1. The highest BCUT2D eigenvalue weighted by Gasteiger charge is 2.20. The van der Waals surface area contributed by atoms with E-state index in [4.69, 9.17) is 4.74 Å². The van der Waals surface area contributed by atoms with Gasteiger partial charge in [0.1, 0.15) is 5.82 Å². The van der Waals surface area contributed by atoms with Crippen molar-refractivity contribution in [3.63, 3.8) is 0 Å². The first-order valence-corrected chi connectivity index (χ1v) is 8.71. The number of nitrogens with zero attached hydrogens (tertiary/aromatic N) is 3. The van der Waals surface area contributed by atoms with Gasteiger partial charge >= 0.3 is 0 Å². The molecule has 24 heavy (non-hydrogen) atoms. The maximum atomic E-state index is 13.1. The van der Waals surface area contributed by atoms with E-state index in [0.29, 0.717) is 12.1 Å². The van der Waals surface area contributed by atoms with Crippen LogP contribution in [-0.4, -0.2) is 33.9 Å². The molecule has 0 unspecified atom stereocenters. The maximum Gasteiger partial charge on any atom is 0.123 e. The van der Waals surface area contributed by atoms with Crippen LogP contribution >= 0.6 is 0 Å². The molecule has 2 aromatic rings. The Morgan fingerprint density at radius 2 is 2.00 bits per heavy atom. The molecule has 3 rings (SSSR count). The first kappa shape index (κ1) is 17.1. The van der Waals surface area contributed by atoms with Gasteiger partial charge in [0, 0.05) is 44.0 Å². The van der Waals surface area contributed by atoms with Crippen LogP contribution in [0.1, 0.15) is 43.9 Å². The molecule has 0 aliphatic carbocycles. The zero-order valence-electron chi connectivity index (χ0n) is 14.5. The summed E-state index contributed by atoms with van der Waals surface area (Å²) in [6.07, 6.45) is 6.60. The summed E-state index contributed by atoms with van der Waals surface area (Å²) in [7, 11) is 0. The molecule has 1 aromatic carbocycles. The number of halogens is 1. The molecule has 0 amide bonds. The summed E-state index contributed by atoms with van der Waals surface area (Å²) in [5, 5.41) is 4.43. The molecule has 1 atom stereocenters. The maximum absolute atomic E-state index is 13.1. The standard InChI is InChI=1S/C19H26FN3O/c1-15(2)23-13-17(10-21-23)12-22(14-19-4-3-9-24-19)11-16-5-7-18(20)8-6-16/h5-8,10,13,15,19H,3-4,9,11-12,14H2,1-2H3/t19-/m0/s1. The van der Waals surface area contributed by atoms with Crippen LogP contribution in [0, 0.1) is 5.82 Å². The van der Waals surface area contributed by atoms with Gasteiger partial charge in [-0.2, -0.15) is 5.10 Å². The smallest absolute Gasteiger partial charge is 0.123 e. The Morgan fingerprint density at radius 3 is 2.62 bits per heavy atom. The molecule has 0 radical (unpaired) electrons. The second-order valence-electron chi connectivity index (χ2n) is 6.85. The first-order chi connectivity index (χ1) is 11.6. The summed E-state index contributed by atoms with van der Waals surface area (Å²) in [5.41, 5.74) is 2.31. The molecule has 2 heterocycles. The number of benzene rings is 1. The molecular weight excluding hydrogens is 305 g/mol. The molecule has 130 valence electrons. The van der Waals surface area contributed by atoms with E-state index in [0.717, 1.165) is 44.6 Å². The van der Waals surface area contributed by atoms with E-state index in [1.807, 2.05) is 23.0 Å². The van der Waals surface area contributed by atoms with E-state index in [1.165, 1.54) is 17.7 Å². The Labute approximate surface area is 143 Å². The largest absolute Gasteiger partial charge is 0.377 e. The van der Waals surface area contributed by atoms with Gasteiger partial charge < -0.3 is 4.74 Å². The number of hydrogen-bond donors (Lipinski definition) is 0. The Balaban J connectivity index is 1.69. The molecule has 1 aromatic heterocycles. The summed E-state index contributed by atoms with van der Waals surface area (Å²) >= 11 is 0. The minimum absolute atomic E-state index is 0.192. The van der Waals surface area contributed by atoms with Crippen LogP contribution in [0.15, 0.2) is 36.7 Å². The van der Waals surface area contributed by atoms with Crippen LogP contribution in [0.2, 0.25) is 0 Å². The van der Waals surface area contributed by atoms with E-state index in [9.17, 15) is 4.39 Å². The van der Waals surface area contributed by atoms with Crippen molar-refractivity contribution in [3.8, 4) is 0 Å². The summed E-state index contributed by atoms with van der Waals surface area (Å²) in [5.74, 6) is -0.192. The molecule has 1 aliphatic heterocycles. The third-order valence-corrected chi connectivity index (χ3v) is 4.40. The highest BCUT2D eigenvalue weighted by atomic mass is 19.1. The van der Waals surface area contributed by atoms with Gasteiger partial charge in [0.25, 0.3) is 0 Å². The zero-order chi connectivity index (χ0) is 16.9. The predicted molar refractivity (Wildman–Crippen MR) is 92.1 cm³/mol. The van der Waals surface area contributed by atoms with Crippen molar-refractivity contribution in [2.45, 2.75) is 51.9 Å². The van der Waals surface area contributed by atoms with Crippen LogP contribution in [0.5, 0.6) is 0 Å². The summed E-state index contributed by atoms with van der Waals surface area (Å²) in [6, 6.07) is 7.12. The van der Waals surface area contributed by atoms with Gasteiger partial charge in [-0.05, 0) is 44.4 Å². The fourth-order valence-electron chi connectivity index (χ4n) is 3.11. The van der Waals surface area contributed by atoms with Crippen molar-refractivity contribution >= 4 is 0 Å². The van der Waals surface area contributed by atoms with E-state index >= 15 is 0 Å². The summed E-state index contributed by atoms with van der Waals surface area (Å²) in [4.78, 5) is 2.37. The van der Waals surface area contributed by atoms with Gasteiger partial charge in [0.15, 0.2) is 0 Å². The lowest BCUT2D eigenvalue weighted by molar-refractivity contribution is 0.0679. The van der Waals surface area contributed by atoms with Gasteiger partial charge in [-0.1, -0.05) is 12.1 Å². The second kappa shape index (κ2) is 7.90. The minimum atomic E-state index is -0.192. The molecule has 0 bridgehead atoms. The molecule has 0 N–H and O–H groups in total. The summed E-state index contributed by atoms with van der Waals surface area (Å²) in [6.45, 7) is 7.61. The second-order valence-corrected chi connectivity index (χ2v) is 6.85. The molecule has 0 saturated carbocycles. The Kier molecular flexibility index (Phi) is 5.63. The van der Waals surface area contributed by atoms with Crippen LogP contribution in [-0.2, 0) is 17.8 Å². The highest BCUT2D eigenvalue weighted by Crippen LogP contribution is 2.18. The quantitative estimate of drug-likeness (QED) is 0.773. The fourth-order valence-corrected chi connectivity index (χ4v) is 3.11. The van der Waals surface area contributed by atoms with Crippen molar-refractivity contribution in [2.75, 3.05) is 13.2 Å². The lowest BCUT2D eigenvalue weighted by Gasteiger charge is -2.25. The van der Waals surface area contributed by atoms with Crippen LogP contribution in [0.4, 0.5) is 4.39 Å². The van der Waals surface area contributed by atoms with Crippen LogP contribution < -0.4 is 0 Å². The number of hydrogen-bond acceptors (Lipinski definition) is 3. The highest BCUT2D eigenvalue weighted by molar-refractivity contribution is 5.16. The normalized spacial score (nSPS) is 18.0. The Hall–Kier alpha value is -1.72. The van der Waals surface area contributed by atoms with Crippen molar-refractivity contribution in [1.29, 1.82) is 0 Å². The minimum Gasteiger partial charge on any atom is -0.377 e. The van der Waals surface area contributed by atoms with E-state index in [2.05, 4.69) is 30.0 Å². The van der Waals surface area contributed by atoms with Crippen molar-refractivity contribution in [3.05, 3.63) is 53.6 Å². The Bertz CT molecular complexity index is 632. The van der Waals surface area contributed by atoms with Gasteiger partial charge in [-0.3, -0.25) is 9.58 Å². The molecule has 4 nitrogen and oxygen atoms in total. The predicted octanol–water partition coefficient (Wildman–Crippen LogP) is 3.78. The van der Waals surface area contributed by atoms with E-state index < -0.39 is 0 Å². The van der Waals surface area contributed by atoms with Crippen molar-refractivity contribution in [2.24, 2.45) is 0 Å². The van der Waals surface area contributed by atoms with Crippen molar-refractivity contribution < 1.29 is 9.13 Å². The van der Waals surface area contributed by atoms with Gasteiger partial charge in [0.05, 0.1) is 12.3 Å². The molecule has 5 heteroatoms. The average Bonchev–Trinajstić information content (AvgIpc) is 3.21. The molecule has 1 aliphatic rings. The van der Waals surface area contributed by atoms with E-state index in [1.54, 1.807) is 0 Å². The monoisotopic (exact) mass is 331 g/mol. The average molecular weight is 331 g/mol. The van der Waals surface area contributed by atoms with Gasteiger partial charge in [-0.25, -0.2) is 4.39 Å². The third-order valence-electron chi connectivity index (χ3n) is 4.40. The summed E-state index contributed by atoms with van der Waals surface area (Å²) < 4.78 is 20.9. The lowest BCUT2D eigenvalue weighted by atomic mass is 10.1. The third kappa shape index (κ3) is 4.65. The topological polar surface area (TPSA) is 30.3 Å². The number of rotatable bonds is 7. The van der Waals surface area contributed by atoms with Gasteiger partial charge in [-0.15, -0.1) is 0 Å². The Morgan fingerprint density at radius 1 is 1.25 bits per heavy atom. The first-order valence-electron chi connectivity index (χ1n) is 8.71. The molecule has 1 fully saturated rings. The van der Waals surface area contributed by atoms with Crippen molar-refractivity contribution in [1.82, 2.24) is 14.7 Å². The zero-order valence-corrected chi connectivity index (χ0v) is 14.5. The molecule has 0 spiro atoms. The fraction of sp³-hybridized carbons (Fsp3) is 0.526. The molecule has 1 saturated heterocycles. The SMILES string of the molecule is CC(C)n1cc(CN(Cc2ccc(F)cc2)C[C@@H]2CCCO2)cn1. The van der Waals surface area contributed by atoms with Gasteiger partial charge in [0.2, 0.25) is 0 Å². The van der Waals surface area contributed by atoms with E-state index in [-0.39, 0.29) is 5.82 Å². The number of aromatic nitrogens is 2. The van der Waals surface area contributed by atoms with Crippen LogP contribution in [0.3, 0.4) is 0 Å². The molecular formula is C19H26FN3O.